The van der Waals surface area contributed by atoms with E-state index in [0.29, 0.717) is 12.4 Å². The van der Waals surface area contributed by atoms with Crippen LogP contribution in [-0.2, 0) is 0 Å². The molecule has 0 aliphatic heterocycles. The van der Waals surface area contributed by atoms with Crippen LogP contribution in [0.1, 0.15) is 32.5 Å². The topological polar surface area (TPSA) is 65.4 Å². The highest BCUT2D eigenvalue weighted by Gasteiger charge is 2.17. The maximum atomic E-state index is 6.19. The molecule has 0 bridgehead atoms. The molecule has 0 fully saturated rings. The second-order valence-corrected chi connectivity index (χ2v) is 6.66. The van der Waals surface area contributed by atoms with Gasteiger partial charge in [0.25, 0.3) is 0 Å². The Balaban J connectivity index is 1.91. The van der Waals surface area contributed by atoms with E-state index in [1.165, 1.54) is 0 Å². The van der Waals surface area contributed by atoms with E-state index < -0.39 is 0 Å². The first-order chi connectivity index (χ1) is 12.6. The average molecular weight is 346 g/mol. The summed E-state index contributed by atoms with van der Waals surface area (Å²) < 4.78 is 7.64. The van der Waals surface area contributed by atoms with E-state index in [0.717, 1.165) is 39.1 Å². The lowest BCUT2D eigenvalue weighted by atomic mass is 10.0. The second kappa shape index (κ2) is 6.33. The number of aromatic nitrogens is 3. The first kappa shape index (κ1) is 16.4. The molecule has 2 heterocycles. The molecule has 0 aliphatic rings. The van der Waals surface area contributed by atoms with Crippen molar-refractivity contribution in [3.05, 3.63) is 54.6 Å². The SMILES string of the molecule is CCOc1ccc2cc(-c3nc(C(C)C)n4ccnc(N)c34)ccc2c1. The molecule has 0 saturated carbocycles. The van der Waals surface area contributed by atoms with Crippen LogP contribution in [0, 0.1) is 0 Å². The van der Waals surface area contributed by atoms with E-state index in [4.69, 9.17) is 15.5 Å². The summed E-state index contributed by atoms with van der Waals surface area (Å²) in [6.45, 7) is 6.91. The molecule has 0 radical (unpaired) electrons. The maximum absolute atomic E-state index is 6.19. The van der Waals surface area contributed by atoms with Gasteiger partial charge >= 0.3 is 0 Å². The predicted molar refractivity (Wildman–Crippen MR) is 106 cm³/mol. The van der Waals surface area contributed by atoms with Crippen molar-refractivity contribution in [2.75, 3.05) is 12.3 Å². The number of benzene rings is 2. The van der Waals surface area contributed by atoms with E-state index in [9.17, 15) is 0 Å². The van der Waals surface area contributed by atoms with Crippen molar-refractivity contribution in [1.29, 1.82) is 0 Å². The summed E-state index contributed by atoms with van der Waals surface area (Å²) >= 11 is 0. The molecule has 2 aromatic carbocycles. The van der Waals surface area contributed by atoms with E-state index in [1.807, 2.05) is 23.6 Å². The van der Waals surface area contributed by atoms with Gasteiger partial charge in [0, 0.05) is 23.9 Å². The second-order valence-electron chi connectivity index (χ2n) is 6.66. The van der Waals surface area contributed by atoms with Crippen LogP contribution in [0.5, 0.6) is 5.75 Å². The highest BCUT2D eigenvalue weighted by molar-refractivity contribution is 5.92. The molecule has 4 rings (SSSR count). The van der Waals surface area contributed by atoms with Crippen molar-refractivity contribution in [2.45, 2.75) is 26.7 Å². The zero-order valence-corrected chi connectivity index (χ0v) is 15.2. The number of anilines is 1. The molecule has 132 valence electrons. The number of imidazole rings is 1. The zero-order chi connectivity index (χ0) is 18.3. The Bertz CT molecular complexity index is 1100. The van der Waals surface area contributed by atoms with Gasteiger partial charge in [0.1, 0.15) is 28.6 Å². The van der Waals surface area contributed by atoms with Crippen molar-refractivity contribution < 1.29 is 4.74 Å². The number of ether oxygens (including phenoxy) is 1. The van der Waals surface area contributed by atoms with Gasteiger partial charge in [-0.3, -0.25) is 4.40 Å². The van der Waals surface area contributed by atoms with Crippen molar-refractivity contribution in [1.82, 2.24) is 14.4 Å². The van der Waals surface area contributed by atoms with Gasteiger partial charge in [-0.25, -0.2) is 9.97 Å². The van der Waals surface area contributed by atoms with Crippen LogP contribution >= 0.6 is 0 Å². The van der Waals surface area contributed by atoms with Crippen LogP contribution < -0.4 is 10.5 Å². The van der Waals surface area contributed by atoms with Crippen molar-refractivity contribution >= 4 is 22.1 Å². The normalized spacial score (nSPS) is 11.5. The molecular formula is C21H22N4O. The molecule has 5 heteroatoms. The van der Waals surface area contributed by atoms with Gasteiger partial charge < -0.3 is 10.5 Å². The molecular weight excluding hydrogens is 324 g/mol. The Morgan fingerprint density at radius 2 is 1.88 bits per heavy atom. The molecule has 0 saturated heterocycles. The minimum atomic E-state index is 0.284. The Labute approximate surface area is 152 Å². The van der Waals surface area contributed by atoms with Crippen molar-refractivity contribution in [2.24, 2.45) is 0 Å². The first-order valence-electron chi connectivity index (χ1n) is 8.88. The number of nitrogens with two attached hydrogens (primary N) is 1. The number of fused-ring (bicyclic) bond motifs is 2. The van der Waals surface area contributed by atoms with Crippen LogP contribution in [-0.4, -0.2) is 21.0 Å². The first-order valence-corrected chi connectivity index (χ1v) is 8.88. The number of nitrogen functional groups attached to an aromatic ring is 1. The van der Waals surface area contributed by atoms with Crippen LogP contribution in [0.25, 0.3) is 27.5 Å². The van der Waals surface area contributed by atoms with E-state index in [1.54, 1.807) is 6.20 Å². The van der Waals surface area contributed by atoms with Crippen molar-refractivity contribution in [3.63, 3.8) is 0 Å². The molecule has 4 aromatic rings. The summed E-state index contributed by atoms with van der Waals surface area (Å²) in [6.07, 6.45) is 3.64. The van der Waals surface area contributed by atoms with Gasteiger partial charge in [-0.05, 0) is 35.9 Å². The van der Waals surface area contributed by atoms with E-state index in [2.05, 4.69) is 49.2 Å². The van der Waals surface area contributed by atoms with Gasteiger partial charge in [-0.2, -0.15) is 0 Å². The maximum Gasteiger partial charge on any atom is 0.150 e. The summed E-state index contributed by atoms with van der Waals surface area (Å²) in [7, 11) is 0. The molecule has 2 aromatic heterocycles. The molecule has 26 heavy (non-hydrogen) atoms. The molecule has 0 amide bonds. The minimum Gasteiger partial charge on any atom is -0.494 e. The van der Waals surface area contributed by atoms with Gasteiger partial charge in [0.05, 0.1) is 6.61 Å². The number of nitrogens with zero attached hydrogens (tertiary/aromatic N) is 3. The quantitative estimate of drug-likeness (QED) is 0.584. The van der Waals surface area contributed by atoms with Crippen LogP contribution in [0.3, 0.4) is 0 Å². The number of hydrogen-bond acceptors (Lipinski definition) is 4. The fraction of sp³-hybridized carbons (Fsp3) is 0.238. The van der Waals surface area contributed by atoms with Crippen molar-refractivity contribution in [3.8, 4) is 17.0 Å². The molecule has 0 aliphatic carbocycles. The molecule has 0 unspecified atom stereocenters. The third-order valence-electron chi connectivity index (χ3n) is 4.52. The van der Waals surface area contributed by atoms with Crippen LogP contribution in [0.2, 0.25) is 0 Å². The Kier molecular flexibility index (Phi) is 3.99. The third kappa shape index (κ3) is 2.65. The van der Waals surface area contributed by atoms with Gasteiger partial charge in [0.2, 0.25) is 0 Å². The monoisotopic (exact) mass is 346 g/mol. The fourth-order valence-corrected chi connectivity index (χ4v) is 3.32. The summed E-state index contributed by atoms with van der Waals surface area (Å²) in [5.41, 5.74) is 8.95. The molecule has 0 spiro atoms. The zero-order valence-electron chi connectivity index (χ0n) is 15.2. The Hall–Kier alpha value is -3.08. The summed E-state index contributed by atoms with van der Waals surface area (Å²) in [6, 6.07) is 12.5. The van der Waals surface area contributed by atoms with Gasteiger partial charge in [0.15, 0.2) is 0 Å². The largest absolute Gasteiger partial charge is 0.494 e. The lowest BCUT2D eigenvalue weighted by molar-refractivity contribution is 0.341. The molecule has 0 atom stereocenters. The lowest BCUT2D eigenvalue weighted by Crippen LogP contribution is -1.99. The summed E-state index contributed by atoms with van der Waals surface area (Å²) in [4.78, 5) is 9.15. The van der Waals surface area contributed by atoms with E-state index >= 15 is 0 Å². The fourth-order valence-electron chi connectivity index (χ4n) is 3.32. The minimum absolute atomic E-state index is 0.284. The molecule has 5 nitrogen and oxygen atoms in total. The highest BCUT2D eigenvalue weighted by Crippen LogP contribution is 2.32. The number of hydrogen-bond donors (Lipinski definition) is 1. The van der Waals surface area contributed by atoms with Crippen LogP contribution in [0.15, 0.2) is 48.8 Å². The highest BCUT2D eigenvalue weighted by atomic mass is 16.5. The average Bonchev–Trinajstić information content (AvgIpc) is 3.03. The van der Waals surface area contributed by atoms with E-state index in [-0.39, 0.29) is 5.92 Å². The van der Waals surface area contributed by atoms with Crippen LogP contribution in [0.4, 0.5) is 5.82 Å². The smallest absolute Gasteiger partial charge is 0.150 e. The summed E-state index contributed by atoms with van der Waals surface area (Å²) in [5.74, 6) is 2.65. The van der Waals surface area contributed by atoms with Gasteiger partial charge in [-0.15, -0.1) is 0 Å². The number of rotatable bonds is 4. The molecule has 2 N–H and O–H groups in total. The summed E-state index contributed by atoms with van der Waals surface area (Å²) in [5, 5.41) is 2.28. The standard InChI is InChI=1S/C21H22N4O/c1-4-26-17-8-7-14-11-16(6-5-15(14)12-17)18-19-20(22)23-9-10-25(19)21(24-18)13(2)3/h5-13H,4H2,1-3H3,(H2,22,23). The Morgan fingerprint density at radius 3 is 2.65 bits per heavy atom. The third-order valence-corrected chi connectivity index (χ3v) is 4.52. The predicted octanol–water partition coefficient (Wildman–Crippen LogP) is 4.65. The lowest BCUT2D eigenvalue weighted by Gasteiger charge is -2.07. The van der Waals surface area contributed by atoms with Gasteiger partial charge in [-0.1, -0.05) is 32.0 Å². The Morgan fingerprint density at radius 1 is 1.12 bits per heavy atom.